The maximum Gasteiger partial charge on any atom is 0.271 e. The fourth-order valence-electron chi connectivity index (χ4n) is 1.43. The van der Waals surface area contributed by atoms with Crippen molar-refractivity contribution in [2.24, 2.45) is 5.73 Å². The number of nitrogens with two attached hydrogens (primary N) is 1. The summed E-state index contributed by atoms with van der Waals surface area (Å²) in [5.41, 5.74) is 5.52. The van der Waals surface area contributed by atoms with Gasteiger partial charge < -0.3 is 5.73 Å². The molecule has 1 heterocycles. The molecule has 3 N–H and O–H groups in total. The highest BCUT2D eigenvalue weighted by molar-refractivity contribution is 7.94. The third kappa shape index (κ3) is 3.24. The fourth-order valence-corrected chi connectivity index (χ4v) is 4.19. The van der Waals surface area contributed by atoms with E-state index in [4.69, 9.17) is 28.9 Å². The van der Waals surface area contributed by atoms with Gasteiger partial charge in [-0.15, -0.1) is 11.3 Å². The standard InChI is InChI=1S/C11H9Cl2FN2O2S2/c12-8-3-6(4-9(13)11(8)14)16-20(17,18)10-2-1-7(5-15)19-10/h1-4,16H,5,15H2. The van der Waals surface area contributed by atoms with Gasteiger partial charge in [0.2, 0.25) is 0 Å². The predicted molar refractivity (Wildman–Crippen MR) is 79.4 cm³/mol. The van der Waals surface area contributed by atoms with Crippen molar-refractivity contribution >= 4 is 50.2 Å². The number of hydrogen-bond acceptors (Lipinski definition) is 4. The van der Waals surface area contributed by atoms with Crippen LogP contribution < -0.4 is 10.5 Å². The monoisotopic (exact) mass is 354 g/mol. The first-order valence-electron chi connectivity index (χ1n) is 5.29. The second kappa shape index (κ2) is 5.87. The van der Waals surface area contributed by atoms with Gasteiger partial charge in [-0.3, -0.25) is 4.72 Å². The minimum atomic E-state index is -3.78. The van der Waals surface area contributed by atoms with Crippen LogP contribution in [0.3, 0.4) is 0 Å². The molecule has 0 amide bonds. The van der Waals surface area contributed by atoms with Gasteiger partial charge in [-0.25, -0.2) is 12.8 Å². The molecular formula is C11H9Cl2FN2O2S2. The van der Waals surface area contributed by atoms with Crippen molar-refractivity contribution in [3.63, 3.8) is 0 Å². The van der Waals surface area contributed by atoms with Crippen LogP contribution in [0.15, 0.2) is 28.5 Å². The molecule has 0 unspecified atom stereocenters. The van der Waals surface area contributed by atoms with Crippen LogP contribution in [0.25, 0.3) is 0 Å². The van der Waals surface area contributed by atoms with Crippen LogP contribution in [-0.4, -0.2) is 8.42 Å². The summed E-state index contributed by atoms with van der Waals surface area (Å²) in [6, 6.07) is 5.38. The van der Waals surface area contributed by atoms with Crippen LogP contribution in [0.4, 0.5) is 10.1 Å². The van der Waals surface area contributed by atoms with Gasteiger partial charge in [-0.05, 0) is 24.3 Å². The summed E-state index contributed by atoms with van der Waals surface area (Å²) in [5.74, 6) is -0.794. The summed E-state index contributed by atoms with van der Waals surface area (Å²) in [4.78, 5) is 0.737. The van der Waals surface area contributed by atoms with Gasteiger partial charge in [-0.2, -0.15) is 0 Å². The van der Waals surface area contributed by atoms with Crippen LogP contribution in [-0.2, 0) is 16.6 Å². The van der Waals surface area contributed by atoms with E-state index in [9.17, 15) is 12.8 Å². The number of thiophene rings is 1. The lowest BCUT2D eigenvalue weighted by molar-refractivity contribution is 0.603. The lowest BCUT2D eigenvalue weighted by Gasteiger charge is -2.08. The molecule has 20 heavy (non-hydrogen) atoms. The van der Waals surface area contributed by atoms with Crippen LogP contribution in [0.2, 0.25) is 10.0 Å². The molecule has 0 fully saturated rings. The lowest BCUT2D eigenvalue weighted by Crippen LogP contribution is -2.11. The third-order valence-corrected chi connectivity index (χ3v) is 5.87. The Morgan fingerprint density at radius 1 is 1.25 bits per heavy atom. The Labute approximate surface area is 129 Å². The first-order chi connectivity index (χ1) is 9.33. The zero-order chi connectivity index (χ0) is 14.9. The highest BCUT2D eigenvalue weighted by Gasteiger charge is 2.18. The first kappa shape index (κ1) is 15.5. The molecule has 0 atom stereocenters. The Hall–Kier alpha value is -0.860. The van der Waals surface area contributed by atoms with Crippen LogP contribution in [0, 0.1) is 5.82 Å². The molecule has 1 aromatic carbocycles. The van der Waals surface area contributed by atoms with E-state index in [0.717, 1.165) is 28.3 Å². The van der Waals surface area contributed by atoms with Gasteiger partial charge in [-0.1, -0.05) is 23.2 Å². The Bertz CT molecular complexity index is 724. The minimum absolute atomic E-state index is 0.0871. The molecule has 0 saturated carbocycles. The molecule has 4 nitrogen and oxygen atoms in total. The van der Waals surface area contributed by atoms with E-state index in [1.54, 1.807) is 6.07 Å². The molecular weight excluding hydrogens is 346 g/mol. The van der Waals surface area contributed by atoms with Gasteiger partial charge in [0.25, 0.3) is 10.0 Å². The van der Waals surface area contributed by atoms with Gasteiger partial charge in [0.05, 0.1) is 15.7 Å². The molecule has 2 aromatic rings. The zero-order valence-electron chi connectivity index (χ0n) is 9.86. The number of benzene rings is 1. The number of hydrogen-bond donors (Lipinski definition) is 2. The van der Waals surface area contributed by atoms with Gasteiger partial charge in [0.15, 0.2) is 5.82 Å². The minimum Gasteiger partial charge on any atom is -0.326 e. The molecule has 0 aliphatic carbocycles. The average molecular weight is 355 g/mol. The molecule has 0 aliphatic rings. The molecule has 0 radical (unpaired) electrons. The van der Waals surface area contributed by atoms with Crippen LogP contribution >= 0.6 is 34.5 Å². The van der Waals surface area contributed by atoms with Crippen molar-refractivity contribution in [2.75, 3.05) is 4.72 Å². The van der Waals surface area contributed by atoms with Crippen molar-refractivity contribution in [1.82, 2.24) is 0 Å². The van der Waals surface area contributed by atoms with Gasteiger partial charge >= 0.3 is 0 Å². The van der Waals surface area contributed by atoms with E-state index in [1.165, 1.54) is 6.07 Å². The average Bonchev–Trinajstić information content (AvgIpc) is 2.85. The van der Waals surface area contributed by atoms with Gasteiger partial charge in [0.1, 0.15) is 4.21 Å². The molecule has 0 bridgehead atoms. The van der Waals surface area contributed by atoms with Crippen molar-refractivity contribution in [3.8, 4) is 0 Å². The molecule has 1 aromatic heterocycles. The summed E-state index contributed by atoms with van der Waals surface area (Å²) >= 11 is 12.3. The summed E-state index contributed by atoms with van der Waals surface area (Å²) in [6.45, 7) is 0.258. The SMILES string of the molecule is NCc1ccc(S(=O)(=O)Nc2cc(Cl)c(F)c(Cl)c2)s1. The van der Waals surface area contributed by atoms with Crippen molar-refractivity contribution in [3.05, 3.63) is 45.0 Å². The van der Waals surface area contributed by atoms with E-state index in [-0.39, 0.29) is 26.5 Å². The normalized spacial score (nSPS) is 11.6. The van der Waals surface area contributed by atoms with Crippen molar-refractivity contribution < 1.29 is 12.8 Å². The Morgan fingerprint density at radius 3 is 2.35 bits per heavy atom. The van der Waals surface area contributed by atoms with Crippen molar-refractivity contribution in [2.45, 2.75) is 10.8 Å². The Balaban J connectivity index is 2.33. The van der Waals surface area contributed by atoms with E-state index in [1.807, 2.05) is 0 Å². The Kier molecular flexibility index (Phi) is 4.55. The number of rotatable bonds is 4. The third-order valence-electron chi connectivity index (χ3n) is 2.34. The molecule has 9 heteroatoms. The lowest BCUT2D eigenvalue weighted by atomic mass is 10.3. The van der Waals surface area contributed by atoms with E-state index in [0.29, 0.717) is 0 Å². The predicted octanol–water partition coefficient (Wildman–Crippen LogP) is 3.45. The topological polar surface area (TPSA) is 72.2 Å². The number of halogens is 3. The summed E-state index contributed by atoms with van der Waals surface area (Å²) in [7, 11) is -3.78. The Morgan fingerprint density at radius 2 is 1.85 bits per heavy atom. The zero-order valence-corrected chi connectivity index (χ0v) is 13.0. The highest BCUT2D eigenvalue weighted by Crippen LogP contribution is 2.29. The largest absolute Gasteiger partial charge is 0.326 e. The maximum atomic E-state index is 13.3. The maximum absolute atomic E-state index is 13.3. The van der Waals surface area contributed by atoms with Gasteiger partial charge in [0, 0.05) is 11.4 Å². The highest BCUT2D eigenvalue weighted by atomic mass is 35.5. The van der Waals surface area contributed by atoms with E-state index >= 15 is 0 Å². The molecule has 108 valence electrons. The number of nitrogens with one attached hydrogen (secondary N) is 1. The molecule has 0 spiro atoms. The van der Waals surface area contributed by atoms with Crippen molar-refractivity contribution in [1.29, 1.82) is 0 Å². The van der Waals surface area contributed by atoms with E-state index < -0.39 is 15.8 Å². The number of sulfonamides is 1. The molecule has 0 saturated heterocycles. The molecule has 0 aliphatic heterocycles. The van der Waals surface area contributed by atoms with Crippen LogP contribution in [0.5, 0.6) is 0 Å². The molecule has 2 rings (SSSR count). The summed E-state index contributed by atoms with van der Waals surface area (Å²) < 4.78 is 39.9. The first-order valence-corrected chi connectivity index (χ1v) is 8.35. The smallest absolute Gasteiger partial charge is 0.271 e. The van der Waals surface area contributed by atoms with E-state index in [2.05, 4.69) is 4.72 Å². The second-order valence-corrected chi connectivity index (χ2v) is 7.68. The number of anilines is 1. The quantitative estimate of drug-likeness (QED) is 0.825. The second-order valence-electron chi connectivity index (χ2n) is 3.78. The van der Waals surface area contributed by atoms with Crippen LogP contribution in [0.1, 0.15) is 4.88 Å². The summed E-state index contributed by atoms with van der Waals surface area (Å²) in [6.07, 6.45) is 0. The fraction of sp³-hybridized carbons (Fsp3) is 0.0909. The summed E-state index contributed by atoms with van der Waals surface area (Å²) in [5, 5.41) is -0.520.